The summed E-state index contributed by atoms with van der Waals surface area (Å²) in [5, 5.41) is 10.6. The Labute approximate surface area is 142 Å². The zero-order valence-corrected chi connectivity index (χ0v) is 13.5. The zero-order valence-electron chi connectivity index (χ0n) is 13.5. The second kappa shape index (κ2) is 7.69. The number of carbonyl (C=O) groups excluding carboxylic acids is 1. The zero-order chi connectivity index (χ0) is 18.6. The summed E-state index contributed by atoms with van der Waals surface area (Å²) in [6.07, 6.45) is -0.541. The van der Waals surface area contributed by atoms with Crippen LogP contribution in [0.1, 0.15) is 22.8 Å². The van der Waals surface area contributed by atoms with Crippen molar-refractivity contribution in [3.05, 3.63) is 69.3 Å². The highest BCUT2D eigenvalue weighted by molar-refractivity contribution is 5.89. The van der Waals surface area contributed by atoms with Crippen molar-refractivity contribution in [2.24, 2.45) is 0 Å². The molecule has 0 saturated heterocycles. The highest BCUT2D eigenvalue weighted by atomic mass is 19.2. The minimum atomic E-state index is -1.10. The number of rotatable bonds is 6. The van der Waals surface area contributed by atoms with Crippen LogP contribution >= 0.6 is 0 Å². The molecule has 0 amide bonds. The summed E-state index contributed by atoms with van der Waals surface area (Å²) in [6.45, 7) is 1.59. The van der Waals surface area contributed by atoms with E-state index in [1.165, 1.54) is 37.4 Å². The van der Waals surface area contributed by atoms with Crippen molar-refractivity contribution in [1.29, 1.82) is 0 Å². The van der Waals surface area contributed by atoms with Crippen molar-refractivity contribution in [1.82, 2.24) is 0 Å². The van der Waals surface area contributed by atoms with Gasteiger partial charge in [0.25, 0.3) is 5.69 Å². The number of halogens is 2. The van der Waals surface area contributed by atoms with E-state index in [1.54, 1.807) is 6.92 Å². The van der Waals surface area contributed by atoms with Gasteiger partial charge in [-0.15, -0.1) is 0 Å². The molecule has 6 nitrogen and oxygen atoms in total. The van der Waals surface area contributed by atoms with Gasteiger partial charge < -0.3 is 9.47 Å². The number of non-ortho nitro benzene ring substituents is 1. The molecule has 2 aromatic rings. The molecular formula is C17H15F2NO5. The Balaban J connectivity index is 2.07. The molecule has 0 heterocycles. The number of ether oxygens (including phenoxy) is 2. The molecule has 2 rings (SSSR count). The summed E-state index contributed by atoms with van der Waals surface area (Å²) in [6, 6.07) is 7.28. The Morgan fingerprint density at radius 3 is 2.40 bits per heavy atom. The Morgan fingerprint density at radius 2 is 1.84 bits per heavy atom. The monoisotopic (exact) mass is 351 g/mol. The van der Waals surface area contributed by atoms with Gasteiger partial charge in [-0.3, -0.25) is 10.1 Å². The fourth-order valence-electron chi connectivity index (χ4n) is 2.27. The van der Waals surface area contributed by atoms with E-state index in [-0.39, 0.29) is 23.4 Å². The number of esters is 1. The van der Waals surface area contributed by atoms with Crippen molar-refractivity contribution in [3.8, 4) is 5.75 Å². The quantitative estimate of drug-likeness (QED) is 0.451. The average Bonchev–Trinajstić information content (AvgIpc) is 2.58. The molecule has 0 fully saturated rings. The molecular weight excluding hydrogens is 336 g/mol. The van der Waals surface area contributed by atoms with Gasteiger partial charge in [-0.1, -0.05) is 6.07 Å². The maximum absolute atomic E-state index is 13.7. The number of benzene rings is 2. The Hall–Kier alpha value is -3.03. The lowest BCUT2D eigenvalue weighted by Crippen LogP contribution is -2.18. The van der Waals surface area contributed by atoms with E-state index in [0.717, 1.165) is 6.07 Å². The molecule has 0 saturated carbocycles. The van der Waals surface area contributed by atoms with Crippen LogP contribution in [0.3, 0.4) is 0 Å². The van der Waals surface area contributed by atoms with E-state index in [2.05, 4.69) is 0 Å². The van der Waals surface area contributed by atoms with Gasteiger partial charge in [-0.2, -0.15) is 4.39 Å². The third kappa shape index (κ3) is 4.28. The van der Waals surface area contributed by atoms with Crippen LogP contribution in [0.4, 0.5) is 14.5 Å². The van der Waals surface area contributed by atoms with Crippen LogP contribution in [-0.4, -0.2) is 24.1 Å². The lowest BCUT2D eigenvalue weighted by Gasteiger charge is -2.16. The molecule has 0 aliphatic carbocycles. The predicted molar refractivity (Wildman–Crippen MR) is 84.6 cm³/mol. The fourth-order valence-corrected chi connectivity index (χ4v) is 2.27. The van der Waals surface area contributed by atoms with Gasteiger partial charge >= 0.3 is 5.97 Å². The van der Waals surface area contributed by atoms with Crippen LogP contribution in [0.25, 0.3) is 0 Å². The number of hydrogen-bond donors (Lipinski definition) is 0. The lowest BCUT2D eigenvalue weighted by atomic mass is 10.1. The minimum Gasteiger partial charge on any atom is -0.493 e. The second-order valence-electron chi connectivity index (χ2n) is 5.28. The number of nitrogens with zero attached hydrogens (tertiary/aromatic N) is 1. The molecule has 2 aromatic carbocycles. The largest absolute Gasteiger partial charge is 0.493 e. The molecule has 0 radical (unpaired) electrons. The Kier molecular flexibility index (Phi) is 5.63. The van der Waals surface area contributed by atoms with Crippen LogP contribution in [-0.2, 0) is 11.2 Å². The van der Waals surface area contributed by atoms with Crippen molar-refractivity contribution < 1.29 is 28.0 Å². The molecule has 0 aliphatic heterocycles. The second-order valence-corrected chi connectivity index (χ2v) is 5.28. The molecule has 0 aromatic heterocycles. The highest BCUT2D eigenvalue weighted by Gasteiger charge is 2.19. The van der Waals surface area contributed by atoms with Crippen molar-refractivity contribution in [2.75, 3.05) is 7.11 Å². The van der Waals surface area contributed by atoms with Crippen molar-refractivity contribution in [2.45, 2.75) is 19.4 Å². The highest BCUT2D eigenvalue weighted by Crippen LogP contribution is 2.26. The normalized spacial score (nSPS) is 11.7. The van der Waals surface area contributed by atoms with Gasteiger partial charge in [-0.05, 0) is 25.1 Å². The number of methoxy groups -OCH3 is 1. The summed E-state index contributed by atoms with van der Waals surface area (Å²) in [5.74, 6) is -3.05. The predicted octanol–water partition coefficient (Wildman–Crippen LogP) is 3.67. The van der Waals surface area contributed by atoms with Gasteiger partial charge in [0.1, 0.15) is 6.10 Å². The number of nitro benzene ring substituents is 1. The van der Waals surface area contributed by atoms with Gasteiger partial charge in [0.2, 0.25) is 5.82 Å². The summed E-state index contributed by atoms with van der Waals surface area (Å²) in [4.78, 5) is 22.1. The number of hydrogen-bond acceptors (Lipinski definition) is 5. The number of carbonyl (C=O) groups is 1. The van der Waals surface area contributed by atoms with E-state index < -0.39 is 28.6 Å². The van der Waals surface area contributed by atoms with Gasteiger partial charge in [0, 0.05) is 24.1 Å². The first-order valence-corrected chi connectivity index (χ1v) is 7.29. The average molecular weight is 351 g/mol. The van der Waals surface area contributed by atoms with E-state index in [4.69, 9.17) is 9.47 Å². The molecule has 1 unspecified atom stereocenters. The first kappa shape index (κ1) is 18.3. The van der Waals surface area contributed by atoms with Crippen LogP contribution in [0.5, 0.6) is 5.75 Å². The standard InChI is InChI=1S/C17H15F2NO5/c1-10(9-12-5-8-14(18)15(19)16(12)24-2)25-17(21)11-3-6-13(7-4-11)20(22)23/h3-8,10H,9H2,1-2H3. The van der Waals surface area contributed by atoms with Gasteiger partial charge in [0.05, 0.1) is 17.6 Å². The smallest absolute Gasteiger partial charge is 0.338 e. The summed E-state index contributed by atoms with van der Waals surface area (Å²) in [7, 11) is 1.22. The first-order valence-electron chi connectivity index (χ1n) is 7.29. The van der Waals surface area contributed by atoms with Crippen LogP contribution in [0.15, 0.2) is 36.4 Å². The maximum Gasteiger partial charge on any atom is 0.338 e. The van der Waals surface area contributed by atoms with Crippen LogP contribution in [0.2, 0.25) is 0 Å². The summed E-state index contributed by atoms with van der Waals surface area (Å²) < 4.78 is 37.0. The fraction of sp³-hybridized carbons (Fsp3) is 0.235. The maximum atomic E-state index is 13.7. The topological polar surface area (TPSA) is 78.7 Å². The molecule has 0 spiro atoms. The summed E-state index contributed by atoms with van der Waals surface area (Å²) >= 11 is 0. The van der Waals surface area contributed by atoms with E-state index in [9.17, 15) is 23.7 Å². The molecule has 0 bridgehead atoms. The third-order valence-electron chi connectivity index (χ3n) is 3.47. The third-order valence-corrected chi connectivity index (χ3v) is 3.47. The molecule has 8 heteroatoms. The molecule has 132 valence electrons. The summed E-state index contributed by atoms with van der Waals surface area (Å²) in [5.41, 5.74) is 0.358. The van der Waals surface area contributed by atoms with Gasteiger partial charge in [0.15, 0.2) is 11.6 Å². The lowest BCUT2D eigenvalue weighted by molar-refractivity contribution is -0.384. The SMILES string of the molecule is COc1c(CC(C)OC(=O)c2ccc([N+](=O)[O-])cc2)ccc(F)c1F. The van der Waals surface area contributed by atoms with E-state index in [0.29, 0.717) is 5.56 Å². The Bertz CT molecular complexity index is 792. The van der Waals surface area contributed by atoms with Crippen molar-refractivity contribution >= 4 is 11.7 Å². The minimum absolute atomic E-state index is 0.110. The number of nitro groups is 1. The van der Waals surface area contributed by atoms with Crippen molar-refractivity contribution in [3.63, 3.8) is 0 Å². The Morgan fingerprint density at radius 1 is 1.20 bits per heavy atom. The van der Waals surface area contributed by atoms with E-state index in [1.807, 2.05) is 0 Å². The van der Waals surface area contributed by atoms with Gasteiger partial charge in [-0.25, -0.2) is 9.18 Å². The molecule has 0 aliphatic rings. The van der Waals surface area contributed by atoms with Crippen LogP contribution in [0, 0.1) is 21.7 Å². The molecule has 25 heavy (non-hydrogen) atoms. The molecule has 0 N–H and O–H groups in total. The molecule has 1 atom stereocenters. The first-order chi connectivity index (χ1) is 11.8. The van der Waals surface area contributed by atoms with Crippen LogP contribution < -0.4 is 4.74 Å². The van der Waals surface area contributed by atoms with E-state index >= 15 is 0 Å².